The van der Waals surface area contributed by atoms with Crippen LogP contribution >= 0.6 is 0 Å². The lowest BCUT2D eigenvalue weighted by atomic mass is 10.1. The van der Waals surface area contributed by atoms with Crippen molar-refractivity contribution in [2.24, 2.45) is 5.10 Å². The molecule has 0 unspecified atom stereocenters. The molecule has 1 heterocycles. The highest BCUT2D eigenvalue weighted by Crippen LogP contribution is 2.28. The molecule has 2 N–H and O–H groups in total. The van der Waals surface area contributed by atoms with Gasteiger partial charge in [-0.2, -0.15) is 18.3 Å². The van der Waals surface area contributed by atoms with Crippen LogP contribution in [0.2, 0.25) is 0 Å². The van der Waals surface area contributed by atoms with Crippen molar-refractivity contribution in [2.45, 2.75) is 12.6 Å². The molecule has 1 amide bonds. The second-order valence-electron chi connectivity index (χ2n) is 6.90. The van der Waals surface area contributed by atoms with Gasteiger partial charge in [0.2, 0.25) is 0 Å². The first kappa shape index (κ1) is 20.3. The maximum absolute atomic E-state index is 12.6. The molecular weight excluding hydrogens is 405 g/mol. The summed E-state index contributed by atoms with van der Waals surface area (Å²) in [6.45, 7) is 0. The summed E-state index contributed by atoms with van der Waals surface area (Å²) in [6.07, 6.45) is -2.46. The minimum atomic E-state index is -4.39. The Morgan fingerprint density at radius 1 is 1.03 bits per heavy atom. The number of rotatable bonds is 5. The predicted octanol–water partition coefficient (Wildman–Crippen LogP) is 4.94. The molecule has 5 nitrogen and oxygen atoms in total. The number of aromatic nitrogens is 2. The minimum Gasteiger partial charge on any atom is -0.342 e. The van der Waals surface area contributed by atoms with Gasteiger partial charge in [-0.1, -0.05) is 42.5 Å². The molecule has 3 aromatic carbocycles. The highest BCUT2D eigenvalue weighted by atomic mass is 19.4. The Kier molecular flexibility index (Phi) is 5.53. The lowest BCUT2D eigenvalue weighted by Crippen LogP contribution is -2.17. The summed E-state index contributed by atoms with van der Waals surface area (Å²) < 4.78 is 37.8. The van der Waals surface area contributed by atoms with Crippen molar-refractivity contribution in [3.05, 3.63) is 101 Å². The molecule has 0 atom stereocenters. The number of imidazole rings is 1. The van der Waals surface area contributed by atoms with Crippen molar-refractivity contribution in [3.8, 4) is 0 Å². The Labute approximate surface area is 175 Å². The third kappa shape index (κ3) is 4.98. The third-order valence-corrected chi connectivity index (χ3v) is 4.63. The average molecular weight is 422 g/mol. The Bertz CT molecular complexity index is 1230. The normalized spacial score (nSPS) is 11.8. The summed E-state index contributed by atoms with van der Waals surface area (Å²) >= 11 is 0. The molecule has 0 saturated heterocycles. The van der Waals surface area contributed by atoms with E-state index in [1.165, 1.54) is 18.3 Å². The Morgan fingerprint density at radius 2 is 1.77 bits per heavy atom. The highest BCUT2D eigenvalue weighted by Gasteiger charge is 2.29. The first-order valence-corrected chi connectivity index (χ1v) is 9.42. The van der Waals surface area contributed by atoms with E-state index in [1.807, 2.05) is 30.3 Å². The van der Waals surface area contributed by atoms with Gasteiger partial charge in [0.15, 0.2) is 0 Å². The zero-order valence-corrected chi connectivity index (χ0v) is 16.1. The van der Waals surface area contributed by atoms with Crippen LogP contribution in [0.25, 0.3) is 11.0 Å². The summed E-state index contributed by atoms with van der Waals surface area (Å²) in [4.78, 5) is 20.1. The van der Waals surface area contributed by atoms with Crippen molar-refractivity contribution in [1.82, 2.24) is 15.4 Å². The number of hydrazone groups is 1. The number of hydrogen-bond acceptors (Lipinski definition) is 3. The largest absolute Gasteiger partial charge is 0.416 e. The van der Waals surface area contributed by atoms with Crippen LogP contribution in [0.4, 0.5) is 13.2 Å². The van der Waals surface area contributed by atoms with Crippen LogP contribution in [-0.2, 0) is 12.6 Å². The van der Waals surface area contributed by atoms with E-state index in [4.69, 9.17) is 0 Å². The van der Waals surface area contributed by atoms with Crippen molar-refractivity contribution >= 4 is 23.2 Å². The average Bonchev–Trinajstić information content (AvgIpc) is 3.15. The number of hydrogen-bond donors (Lipinski definition) is 2. The fraction of sp³-hybridized carbons (Fsp3) is 0.0870. The van der Waals surface area contributed by atoms with E-state index in [2.05, 4.69) is 20.5 Å². The minimum absolute atomic E-state index is 0.381. The van der Waals surface area contributed by atoms with Gasteiger partial charge in [-0.15, -0.1) is 0 Å². The van der Waals surface area contributed by atoms with E-state index in [1.54, 1.807) is 18.2 Å². The molecule has 0 aliphatic carbocycles. The molecule has 156 valence electrons. The SMILES string of the molecule is O=C(N/N=C\c1ccc(C(F)(F)F)cc1)c1ccc2nc(Cc3ccccc3)[nH]c2c1. The second kappa shape index (κ2) is 8.43. The summed E-state index contributed by atoms with van der Waals surface area (Å²) in [5, 5.41) is 3.82. The standard InChI is InChI=1S/C23H17F3N4O/c24-23(25,26)18-9-6-16(7-10-18)14-27-30-22(31)17-8-11-19-20(13-17)29-21(28-19)12-15-4-2-1-3-5-15/h1-11,13-14H,12H2,(H,28,29)(H,30,31)/b27-14-. The number of carbonyl (C=O) groups excluding carboxylic acids is 1. The zero-order chi connectivity index (χ0) is 21.8. The molecule has 0 radical (unpaired) electrons. The Balaban J connectivity index is 1.42. The quantitative estimate of drug-likeness (QED) is 0.353. The van der Waals surface area contributed by atoms with Crippen LogP contribution in [0.15, 0.2) is 77.9 Å². The number of amides is 1. The molecule has 4 aromatic rings. The fourth-order valence-corrected chi connectivity index (χ4v) is 3.06. The van der Waals surface area contributed by atoms with E-state index < -0.39 is 17.6 Å². The number of carbonyl (C=O) groups is 1. The number of fused-ring (bicyclic) bond motifs is 1. The molecule has 0 aliphatic heterocycles. The summed E-state index contributed by atoms with van der Waals surface area (Å²) in [5.74, 6) is 0.350. The van der Waals surface area contributed by atoms with E-state index in [0.717, 1.165) is 34.6 Å². The molecule has 0 bridgehead atoms. The van der Waals surface area contributed by atoms with Crippen LogP contribution in [0.1, 0.15) is 32.9 Å². The lowest BCUT2D eigenvalue weighted by molar-refractivity contribution is -0.137. The zero-order valence-electron chi connectivity index (χ0n) is 16.1. The van der Waals surface area contributed by atoms with Crippen LogP contribution in [0, 0.1) is 0 Å². The summed E-state index contributed by atoms with van der Waals surface area (Å²) in [5.41, 5.74) is 5.05. The Hall–Kier alpha value is -3.94. The van der Waals surface area contributed by atoms with E-state index in [0.29, 0.717) is 17.5 Å². The second-order valence-corrected chi connectivity index (χ2v) is 6.90. The molecule has 8 heteroatoms. The predicted molar refractivity (Wildman–Crippen MR) is 112 cm³/mol. The van der Waals surface area contributed by atoms with Crippen LogP contribution in [-0.4, -0.2) is 22.1 Å². The van der Waals surface area contributed by atoms with Crippen LogP contribution < -0.4 is 5.43 Å². The molecule has 4 rings (SSSR count). The molecule has 0 fully saturated rings. The van der Waals surface area contributed by atoms with Crippen molar-refractivity contribution in [3.63, 3.8) is 0 Å². The van der Waals surface area contributed by atoms with Gasteiger partial charge in [0.1, 0.15) is 5.82 Å². The molecule has 0 saturated carbocycles. The molecular formula is C23H17F3N4O. The fourth-order valence-electron chi connectivity index (χ4n) is 3.06. The number of benzene rings is 3. The van der Waals surface area contributed by atoms with Gasteiger partial charge in [0.05, 0.1) is 22.8 Å². The topological polar surface area (TPSA) is 70.1 Å². The first-order valence-electron chi connectivity index (χ1n) is 9.42. The molecule has 0 spiro atoms. The van der Waals surface area contributed by atoms with Crippen molar-refractivity contribution < 1.29 is 18.0 Å². The number of aromatic amines is 1. The molecule has 0 aliphatic rings. The van der Waals surface area contributed by atoms with Gasteiger partial charge in [-0.25, -0.2) is 10.4 Å². The smallest absolute Gasteiger partial charge is 0.342 e. The van der Waals surface area contributed by atoms with Gasteiger partial charge in [0, 0.05) is 12.0 Å². The van der Waals surface area contributed by atoms with Gasteiger partial charge in [-0.05, 0) is 41.5 Å². The van der Waals surface area contributed by atoms with E-state index in [-0.39, 0.29) is 0 Å². The van der Waals surface area contributed by atoms with Crippen molar-refractivity contribution in [1.29, 1.82) is 0 Å². The first-order chi connectivity index (χ1) is 14.9. The van der Waals surface area contributed by atoms with Crippen molar-refractivity contribution in [2.75, 3.05) is 0 Å². The number of alkyl halides is 3. The van der Waals surface area contributed by atoms with Crippen LogP contribution in [0.3, 0.4) is 0 Å². The molecule has 31 heavy (non-hydrogen) atoms. The maximum atomic E-state index is 12.6. The van der Waals surface area contributed by atoms with Gasteiger partial charge in [0.25, 0.3) is 5.91 Å². The van der Waals surface area contributed by atoms with E-state index in [9.17, 15) is 18.0 Å². The van der Waals surface area contributed by atoms with Gasteiger partial charge in [-0.3, -0.25) is 4.79 Å². The summed E-state index contributed by atoms with van der Waals surface area (Å²) in [6, 6.07) is 19.5. The van der Waals surface area contributed by atoms with E-state index >= 15 is 0 Å². The maximum Gasteiger partial charge on any atom is 0.416 e. The van der Waals surface area contributed by atoms with Crippen LogP contribution in [0.5, 0.6) is 0 Å². The number of nitrogens with one attached hydrogen (secondary N) is 2. The number of H-pyrrole nitrogens is 1. The number of halogens is 3. The highest BCUT2D eigenvalue weighted by molar-refractivity contribution is 5.97. The number of nitrogens with zero attached hydrogens (tertiary/aromatic N) is 2. The monoisotopic (exact) mass is 422 g/mol. The molecule has 1 aromatic heterocycles. The Morgan fingerprint density at radius 3 is 2.48 bits per heavy atom. The van der Waals surface area contributed by atoms with Gasteiger partial charge < -0.3 is 4.98 Å². The lowest BCUT2D eigenvalue weighted by Gasteiger charge is -2.05. The van der Waals surface area contributed by atoms with Gasteiger partial charge >= 0.3 is 6.18 Å². The summed E-state index contributed by atoms with van der Waals surface area (Å²) in [7, 11) is 0. The third-order valence-electron chi connectivity index (χ3n) is 4.63.